The van der Waals surface area contributed by atoms with Gasteiger partial charge in [0.25, 0.3) is 0 Å². The van der Waals surface area contributed by atoms with Gasteiger partial charge in [0.1, 0.15) is 6.61 Å². The summed E-state index contributed by atoms with van der Waals surface area (Å²) in [6, 6.07) is 28.7. The molecule has 0 unspecified atom stereocenters. The Labute approximate surface area is 202 Å². The van der Waals surface area contributed by atoms with Crippen LogP contribution in [0, 0.1) is 6.92 Å². The van der Waals surface area contributed by atoms with E-state index in [0.29, 0.717) is 13.2 Å². The van der Waals surface area contributed by atoms with Crippen molar-refractivity contribution < 1.29 is 14.3 Å². The van der Waals surface area contributed by atoms with Crippen molar-refractivity contribution >= 4 is 17.7 Å². The van der Waals surface area contributed by atoms with E-state index < -0.39 is 0 Å². The minimum Gasteiger partial charge on any atom is -0.445 e. The van der Waals surface area contributed by atoms with Crippen molar-refractivity contribution in [2.24, 2.45) is 0 Å². The fraction of sp³-hybridized carbons (Fsp3) is 0.300. The number of nitrogens with one attached hydrogen (secondary N) is 1. The molecule has 3 aromatic rings. The maximum Gasteiger partial charge on any atom is 0.407 e. The molecule has 0 spiro atoms. The maximum atomic E-state index is 12.2. The Morgan fingerprint density at radius 1 is 0.882 bits per heavy atom. The summed E-state index contributed by atoms with van der Waals surface area (Å²) >= 11 is 0. The van der Waals surface area contributed by atoms with Crippen LogP contribution in [0.2, 0.25) is 0 Å². The van der Waals surface area contributed by atoms with Crippen LogP contribution in [-0.2, 0) is 16.1 Å². The molecule has 176 valence electrons. The Hall–Kier alpha value is -3.37. The summed E-state index contributed by atoms with van der Waals surface area (Å²) in [4.78, 5) is 12.2. The summed E-state index contributed by atoms with van der Waals surface area (Å²) in [5.41, 5.74) is 5.82. The monoisotopic (exact) mass is 455 g/mol. The van der Waals surface area contributed by atoms with Crippen LogP contribution in [-0.4, -0.2) is 24.8 Å². The summed E-state index contributed by atoms with van der Waals surface area (Å²) in [5.74, 6) is 0. The normalized spacial score (nSPS) is 18.3. The fourth-order valence-corrected chi connectivity index (χ4v) is 4.39. The molecule has 0 atom stereocenters. The van der Waals surface area contributed by atoms with E-state index in [-0.39, 0.29) is 18.2 Å². The number of carbonyl (C=O) groups excluding carboxylic acids is 1. The lowest BCUT2D eigenvalue weighted by molar-refractivity contribution is 0.0418. The molecule has 4 nitrogen and oxygen atoms in total. The molecule has 0 aliphatic heterocycles. The van der Waals surface area contributed by atoms with Crippen LogP contribution >= 0.6 is 0 Å². The number of rotatable bonds is 8. The molecule has 1 aliphatic rings. The molecule has 4 rings (SSSR count). The predicted octanol–water partition coefficient (Wildman–Crippen LogP) is 6.79. The van der Waals surface area contributed by atoms with Crippen LogP contribution in [0.15, 0.2) is 84.9 Å². The lowest BCUT2D eigenvalue weighted by Crippen LogP contribution is -2.39. The van der Waals surface area contributed by atoms with Gasteiger partial charge in [-0.05, 0) is 66.5 Å². The van der Waals surface area contributed by atoms with E-state index in [1.54, 1.807) is 0 Å². The van der Waals surface area contributed by atoms with Crippen LogP contribution in [0.5, 0.6) is 0 Å². The van der Waals surface area contributed by atoms with Crippen molar-refractivity contribution in [1.82, 2.24) is 5.32 Å². The topological polar surface area (TPSA) is 47.6 Å². The van der Waals surface area contributed by atoms with E-state index in [1.807, 2.05) is 36.4 Å². The Bertz CT molecular complexity index is 1070. The van der Waals surface area contributed by atoms with Crippen LogP contribution < -0.4 is 5.32 Å². The summed E-state index contributed by atoms with van der Waals surface area (Å²) in [6.07, 6.45) is 5.72. The third kappa shape index (κ3) is 7.06. The smallest absolute Gasteiger partial charge is 0.407 e. The van der Waals surface area contributed by atoms with Gasteiger partial charge in [0, 0.05) is 6.04 Å². The Kier molecular flexibility index (Phi) is 8.53. The molecule has 1 fully saturated rings. The average Bonchev–Trinajstić information content (AvgIpc) is 2.88. The average molecular weight is 456 g/mol. The lowest BCUT2D eigenvalue weighted by atomic mass is 9.93. The van der Waals surface area contributed by atoms with Crippen LogP contribution in [0.3, 0.4) is 0 Å². The number of alkyl carbamates (subject to hydrolysis) is 1. The number of amides is 1. The Morgan fingerprint density at radius 3 is 2.24 bits per heavy atom. The highest BCUT2D eigenvalue weighted by Crippen LogP contribution is 2.26. The first-order chi connectivity index (χ1) is 16.7. The van der Waals surface area contributed by atoms with Crippen molar-refractivity contribution in [3.05, 3.63) is 107 Å². The van der Waals surface area contributed by atoms with Gasteiger partial charge in [0.15, 0.2) is 0 Å². The van der Waals surface area contributed by atoms with Gasteiger partial charge >= 0.3 is 6.09 Å². The molecule has 3 aromatic carbocycles. The van der Waals surface area contributed by atoms with Crippen molar-refractivity contribution in [1.29, 1.82) is 0 Å². The molecule has 0 heterocycles. The zero-order valence-corrected chi connectivity index (χ0v) is 19.8. The van der Waals surface area contributed by atoms with Crippen LogP contribution in [0.1, 0.15) is 47.9 Å². The van der Waals surface area contributed by atoms with Crippen molar-refractivity contribution in [2.75, 3.05) is 6.61 Å². The quantitative estimate of drug-likeness (QED) is 0.380. The third-order valence-electron chi connectivity index (χ3n) is 6.31. The molecule has 1 amide bonds. The molecule has 1 aliphatic carbocycles. The number of benzene rings is 3. The van der Waals surface area contributed by atoms with Crippen molar-refractivity contribution in [3.8, 4) is 0 Å². The van der Waals surface area contributed by atoms with Gasteiger partial charge in [-0.3, -0.25) is 0 Å². The summed E-state index contributed by atoms with van der Waals surface area (Å²) in [7, 11) is 0. The van der Waals surface area contributed by atoms with Gasteiger partial charge in [-0.1, -0.05) is 84.9 Å². The first-order valence-corrected chi connectivity index (χ1v) is 12.1. The van der Waals surface area contributed by atoms with Crippen LogP contribution in [0.4, 0.5) is 4.79 Å². The second-order valence-electron chi connectivity index (χ2n) is 8.89. The number of aryl methyl sites for hydroxylation is 1. The Morgan fingerprint density at radius 2 is 1.53 bits per heavy atom. The summed E-state index contributed by atoms with van der Waals surface area (Å²) in [6.45, 7) is 3.00. The fourth-order valence-electron chi connectivity index (χ4n) is 4.39. The molecule has 34 heavy (non-hydrogen) atoms. The van der Waals surface area contributed by atoms with Crippen molar-refractivity contribution in [2.45, 2.75) is 51.4 Å². The number of hydrogen-bond acceptors (Lipinski definition) is 3. The second kappa shape index (κ2) is 12.2. The van der Waals surface area contributed by atoms with E-state index in [0.717, 1.165) is 31.2 Å². The predicted molar refractivity (Wildman–Crippen MR) is 137 cm³/mol. The molecular formula is C30H33NO3. The molecule has 0 saturated heterocycles. The zero-order valence-electron chi connectivity index (χ0n) is 19.8. The van der Waals surface area contributed by atoms with Crippen molar-refractivity contribution in [3.63, 3.8) is 0 Å². The largest absolute Gasteiger partial charge is 0.445 e. The third-order valence-corrected chi connectivity index (χ3v) is 6.31. The molecule has 1 N–H and O–H groups in total. The van der Waals surface area contributed by atoms with E-state index in [9.17, 15) is 4.79 Å². The van der Waals surface area contributed by atoms with E-state index >= 15 is 0 Å². The highest BCUT2D eigenvalue weighted by molar-refractivity contribution is 5.83. The van der Waals surface area contributed by atoms with Gasteiger partial charge in [0.2, 0.25) is 0 Å². The van der Waals surface area contributed by atoms with Gasteiger partial charge in [-0.15, -0.1) is 0 Å². The van der Waals surface area contributed by atoms with E-state index in [1.165, 1.54) is 22.3 Å². The molecular weight excluding hydrogens is 422 g/mol. The lowest BCUT2D eigenvalue weighted by Gasteiger charge is -2.29. The molecule has 4 heteroatoms. The maximum absolute atomic E-state index is 12.2. The van der Waals surface area contributed by atoms with E-state index in [4.69, 9.17) is 9.47 Å². The van der Waals surface area contributed by atoms with Crippen LogP contribution in [0.25, 0.3) is 11.6 Å². The first kappa shape index (κ1) is 23.8. The standard InChI is InChI=1S/C30H33NO3/c1-23-10-8-9-15-29(23)26(20-24-11-4-2-5-12-24)22-33-28-18-16-27(17-19-28)31-30(32)34-21-25-13-6-3-7-14-25/h2-15,20,27-28H,16-19,21-22H2,1H3,(H,31,32)/b26-20-/t27-,28-. The number of ether oxygens (including phenoxy) is 2. The molecule has 0 aromatic heterocycles. The summed E-state index contributed by atoms with van der Waals surface area (Å²) in [5, 5.41) is 3.01. The zero-order chi connectivity index (χ0) is 23.6. The SMILES string of the molecule is Cc1ccccc1/C(=C\c1ccccc1)CO[C@H]1CC[C@H](NC(=O)OCc2ccccc2)CC1. The van der Waals surface area contributed by atoms with Gasteiger partial charge in [-0.25, -0.2) is 4.79 Å². The van der Waals surface area contributed by atoms with E-state index in [2.05, 4.69) is 66.8 Å². The molecule has 0 radical (unpaired) electrons. The van der Waals surface area contributed by atoms with Gasteiger partial charge in [-0.2, -0.15) is 0 Å². The van der Waals surface area contributed by atoms with Gasteiger partial charge in [0.05, 0.1) is 12.7 Å². The second-order valence-corrected chi connectivity index (χ2v) is 8.89. The first-order valence-electron chi connectivity index (χ1n) is 12.1. The highest BCUT2D eigenvalue weighted by atomic mass is 16.5. The molecule has 1 saturated carbocycles. The number of hydrogen-bond donors (Lipinski definition) is 1. The highest BCUT2D eigenvalue weighted by Gasteiger charge is 2.24. The minimum absolute atomic E-state index is 0.138. The molecule has 0 bridgehead atoms. The van der Waals surface area contributed by atoms with Gasteiger partial charge < -0.3 is 14.8 Å². The minimum atomic E-state index is -0.346. The number of carbonyl (C=O) groups is 1. The Balaban J connectivity index is 1.27. The summed E-state index contributed by atoms with van der Waals surface area (Å²) < 4.78 is 11.7.